The van der Waals surface area contributed by atoms with Gasteiger partial charge in [0.15, 0.2) is 0 Å². The molecule has 0 amide bonds. The van der Waals surface area contributed by atoms with Crippen molar-refractivity contribution in [2.75, 3.05) is 13.2 Å². The van der Waals surface area contributed by atoms with E-state index in [1.165, 1.54) is 19.3 Å². The molecule has 2 atom stereocenters. The molecule has 2 unspecified atom stereocenters. The summed E-state index contributed by atoms with van der Waals surface area (Å²) in [7, 11) is 0. The minimum atomic E-state index is 0.0560. The predicted molar refractivity (Wildman–Crippen MR) is 62.5 cm³/mol. The average molecular weight is 201 g/mol. The zero-order valence-corrected chi connectivity index (χ0v) is 10.3. The van der Waals surface area contributed by atoms with Crippen molar-refractivity contribution < 1.29 is 5.11 Å². The third kappa shape index (κ3) is 5.61. The van der Waals surface area contributed by atoms with E-state index in [9.17, 15) is 5.11 Å². The molecule has 2 nitrogen and oxygen atoms in total. The molecule has 0 radical (unpaired) electrons. The first-order chi connectivity index (χ1) is 6.58. The summed E-state index contributed by atoms with van der Waals surface area (Å²) in [5, 5.41) is 12.7. The molecule has 14 heavy (non-hydrogen) atoms. The van der Waals surface area contributed by atoms with Crippen molar-refractivity contribution >= 4 is 0 Å². The number of hydrogen-bond acceptors (Lipinski definition) is 2. The van der Waals surface area contributed by atoms with E-state index >= 15 is 0 Å². The zero-order chi connectivity index (χ0) is 11.0. The first kappa shape index (κ1) is 13.9. The van der Waals surface area contributed by atoms with Gasteiger partial charge >= 0.3 is 0 Å². The molecule has 0 aliphatic rings. The highest BCUT2D eigenvalue weighted by molar-refractivity contribution is 4.76. The highest BCUT2D eigenvalue weighted by Gasteiger charge is 2.20. The van der Waals surface area contributed by atoms with Crippen molar-refractivity contribution in [3.63, 3.8) is 0 Å². The Bertz CT molecular complexity index is 132. The Morgan fingerprint density at radius 3 is 2.43 bits per heavy atom. The fourth-order valence-corrected chi connectivity index (χ4v) is 1.33. The van der Waals surface area contributed by atoms with Crippen LogP contribution >= 0.6 is 0 Å². The number of hydrogen-bond donors (Lipinski definition) is 2. The van der Waals surface area contributed by atoms with Gasteiger partial charge in [-0.15, -0.1) is 0 Å². The van der Waals surface area contributed by atoms with Crippen LogP contribution in [0.15, 0.2) is 0 Å². The van der Waals surface area contributed by atoms with Crippen LogP contribution < -0.4 is 5.32 Å². The number of aliphatic hydroxyl groups excluding tert-OH is 1. The highest BCUT2D eigenvalue weighted by Crippen LogP contribution is 2.18. The maximum Gasteiger partial charge on any atom is 0.0496 e. The Balaban J connectivity index is 3.68. The number of unbranched alkanes of at least 4 members (excludes halogenated alkanes) is 1. The molecule has 0 rings (SSSR count). The minimum absolute atomic E-state index is 0.0560. The summed E-state index contributed by atoms with van der Waals surface area (Å²) in [5.74, 6) is 0. The second-order valence-electron chi connectivity index (χ2n) is 4.75. The monoisotopic (exact) mass is 201 g/mol. The van der Waals surface area contributed by atoms with Crippen LogP contribution in [0.1, 0.15) is 53.4 Å². The van der Waals surface area contributed by atoms with E-state index in [0.29, 0.717) is 6.04 Å². The Hall–Kier alpha value is -0.0800. The van der Waals surface area contributed by atoms with Gasteiger partial charge in [-0.3, -0.25) is 0 Å². The number of aliphatic hydroxyl groups is 1. The molecule has 2 heteroatoms. The molecule has 0 saturated carbocycles. The molecule has 2 N–H and O–H groups in total. The van der Waals surface area contributed by atoms with Crippen molar-refractivity contribution in [3.05, 3.63) is 0 Å². The lowest BCUT2D eigenvalue weighted by Crippen LogP contribution is -2.38. The van der Waals surface area contributed by atoms with Crippen LogP contribution in [0, 0.1) is 5.41 Å². The molecule has 0 bridgehead atoms. The van der Waals surface area contributed by atoms with Gasteiger partial charge in [0.1, 0.15) is 0 Å². The largest absolute Gasteiger partial charge is 0.396 e. The Morgan fingerprint density at radius 2 is 2.00 bits per heavy atom. The summed E-state index contributed by atoms with van der Waals surface area (Å²) in [6.07, 6.45) is 4.81. The molecule has 0 aromatic carbocycles. The first-order valence-corrected chi connectivity index (χ1v) is 5.92. The van der Waals surface area contributed by atoms with Crippen LogP contribution in [-0.4, -0.2) is 24.3 Å². The molecule has 0 heterocycles. The van der Waals surface area contributed by atoms with Crippen molar-refractivity contribution in [1.29, 1.82) is 0 Å². The van der Waals surface area contributed by atoms with Crippen LogP contribution in [-0.2, 0) is 0 Å². The molecule has 0 saturated heterocycles. The van der Waals surface area contributed by atoms with Crippen molar-refractivity contribution in [2.24, 2.45) is 5.41 Å². The maximum absolute atomic E-state index is 9.23. The molecule has 0 aliphatic heterocycles. The van der Waals surface area contributed by atoms with E-state index in [-0.39, 0.29) is 12.0 Å². The zero-order valence-electron chi connectivity index (χ0n) is 10.3. The molecule has 86 valence electrons. The van der Waals surface area contributed by atoms with E-state index < -0.39 is 0 Å². The van der Waals surface area contributed by atoms with Gasteiger partial charge in [-0.2, -0.15) is 0 Å². The smallest absolute Gasteiger partial charge is 0.0496 e. The van der Waals surface area contributed by atoms with Crippen molar-refractivity contribution in [2.45, 2.75) is 59.4 Å². The summed E-state index contributed by atoms with van der Waals surface area (Å²) in [6, 6.07) is 0.576. The van der Waals surface area contributed by atoms with E-state index in [1.807, 2.05) is 0 Å². The Morgan fingerprint density at radius 1 is 1.36 bits per heavy atom. The van der Waals surface area contributed by atoms with Crippen LogP contribution in [0.3, 0.4) is 0 Å². The Labute approximate surface area is 89.1 Å². The van der Waals surface area contributed by atoms with E-state index in [0.717, 1.165) is 13.0 Å². The maximum atomic E-state index is 9.23. The SMILES string of the molecule is CCCCC(C)NCC(C)(CC)CO. The van der Waals surface area contributed by atoms with Crippen LogP contribution in [0.4, 0.5) is 0 Å². The minimum Gasteiger partial charge on any atom is -0.396 e. The number of rotatable bonds is 8. The van der Waals surface area contributed by atoms with Gasteiger partial charge in [-0.1, -0.05) is 33.6 Å². The fraction of sp³-hybridized carbons (Fsp3) is 1.00. The van der Waals surface area contributed by atoms with Crippen molar-refractivity contribution in [3.8, 4) is 0 Å². The summed E-state index contributed by atoms with van der Waals surface area (Å²) in [6.45, 7) is 9.91. The average Bonchev–Trinajstić information content (AvgIpc) is 2.23. The fourth-order valence-electron chi connectivity index (χ4n) is 1.33. The van der Waals surface area contributed by atoms with E-state index in [1.54, 1.807) is 0 Å². The van der Waals surface area contributed by atoms with E-state index in [4.69, 9.17) is 0 Å². The molecule has 0 aromatic rings. The number of nitrogens with one attached hydrogen (secondary N) is 1. The van der Waals surface area contributed by atoms with Gasteiger partial charge < -0.3 is 10.4 Å². The molecule has 0 aliphatic carbocycles. The first-order valence-electron chi connectivity index (χ1n) is 5.92. The lowest BCUT2D eigenvalue weighted by Gasteiger charge is -2.28. The summed E-state index contributed by atoms with van der Waals surface area (Å²) < 4.78 is 0. The normalized spacial score (nSPS) is 17.8. The second kappa shape index (κ2) is 7.24. The topological polar surface area (TPSA) is 32.3 Å². The van der Waals surface area contributed by atoms with Gasteiger partial charge in [-0.25, -0.2) is 0 Å². The van der Waals surface area contributed by atoms with Crippen LogP contribution in [0.25, 0.3) is 0 Å². The van der Waals surface area contributed by atoms with Gasteiger partial charge in [0.05, 0.1) is 0 Å². The van der Waals surface area contributed by atoms with Gasteiger partial charge in [0, 0.05) is 24.6 Å². The molecular weight excluding hydrogens is 174 g/mol. The molecular formula is C12H27NO. The summed E-state index contributed by atoms with van der Waals surface area (Å²) in [4.78, 5) is 0. The van der Waals surface area contributed by atoms with Crippen LogP contribution in [0.2, 0.25) is 0 Å². The van der Waals surface area contributed by atoms with Gasteiger partial charge in [-0.05, 0) is 19.8 Å². The summed E-state index contributed by atoms with van der Waals surface area (Å²) >= 11 is 0. The quantitative estimate of drug-likeness (QED) is 0.632. The third-order valence-corrected chi connectivity index (χ3v) is 3.10. The summed E-state index contributed by atoms with van der Waals surface area (Å²) in [5.41, 5.74) is 0.0560. The standard InChI is InChI=1S/C12H27NO/c1-5-7-8-11(3)13-9-12(4,6-2)10-14/h11,13-14H,5-10H2,1-4H3. The second-order valence-corrected chi connectivity index (χ2v) is 4.75. The van der Waals surface area contributed by atoms with E-state index in [2.05, 4.69) is 33.0 Å². The van der Waals surface area contributed by atoms with Crippen molar-refractivity contribution in [1.82, 2.24) is 5.32 Å². The molecule has 0 spiro atoms. The van der Waals surface area contributed by atoms with Gasteiger partial charge in [0.25, 0.3) is 0 Å². The lowest BCUT2D eigenvalue weighted by molar-refractivity contribution is 0.132. The molecule has 0 aromatic heterocycles. The Kier molecular flexibility index (Phi) is 7.20. The predicted octanol–water partition coefficient (Wildman–Crippen LogP) is 2.56. The lowest BCUT2D eigenvalue weighted by atomic mass is 9.88. The van der Waals surface area contributed by atoms with Crippen LogP contribution in [0.5, 0.6) is 0 Å². The highest BCUT2D eigenvalue weighted by atomic mass is 16.3. The van der Waals surface area contributed by atoms with Gasteiger partial charge in [0.2, 0.25) is 0 Å². The molecule has 0 fully saturated rings. The third-order valence-electron chi connectivity index (χ3n) is 3.10.